The molecule has 0 unspecified atom stereocenters. The second-order valence-electron chi connectivity index (χ2n) is 11.4. The second-order valence-corrected chi connectivity index (χ2v) is 11.4. The molecule has 0 bridgehead atoms. The van der Waals surface area contributed by atoms with E-state index in [2.05, 4.69) is 93.7 Å². The molecular weight excluding hydrogens is 520 g/mol. The van der Waals surface area contributed by atoms with Gasteiger partial charge in [0.05, 0.1) is 6.42 Å². The second kappa shape index (κ2) is 14.1. The maximum atomic E-state index is 14.0. The van der Waals surface area contributed by atoms with E-state index in [-0.39, 0.29) is 30.0 Å². The van der Waals surface area contributed by atoms with Crippen LogP contribution in [-0.2, 0) is 24.1 Å². The summed E-state index contributed by atoms with van der Waals surface area (Å²) in [6, 6.07) is 35.5. The molecule has 0 aliphatic carbocycles. The van der Waals surface area contributed by atoms with Crippen LogP contribution in [0.1, 0.15) is 23.1 Å². The van der Waals surface area contributed by atoms with Crippen molar-refractivity contribution in [1.82, 2.24) is 9.80 Å². The molecule has 0 aromatic heterocycles. The first-order valence-corrected chi connectivity index (χ1v) is 14.8. The van der Waals surface area contributed by atoms with Crippen LogP contribution in [0.2, 0.25) is 0 Å². The number of carbonyl (C=O) groups excluding carboxylic acids is 1. The molecule has 7 nitrogen and oxygen atoms in total. The Morgan fingerprint density at radius 3 is 2.17 bits per heavy atom. The minimum Gasteiger partial charge on any atom is -0.370 e. The number of amides is 1. The van der Waals surface area contributed by atoms with Crippen LogP contribution in [0.3, 0.4) is 0 Å². The van der Waals surface area contributed by atoms with Crippen molar-refractivity contribution in [3.63, 3.8) is 0 Å². The van der Waals surface area contributed by atoms with Gasteiger partial charge in [-0.2, -0.15) is 0 Å². The van der Waals surface area contributed by atoms with Gasteiger partial charge in [-0.25, -0.2) is 0 Å². The number of carbonyl (C=O) groups is 1. The van der Waals surface area contributed by atoms with Crippen molar-refractivity contribution in [1.29, 1.82) is 0 Å². The van der Waals surface area contributed by atoms with Crippen molar-refractivity contribution in [2.45, 2.75) is 43.8 Å². The van der Waals surface area contributed by atoms with Gasteiger partial charge < -0.3 is 22.1 Å². The first kappa shape index (κ1) is 29.3. The molecule has 6 N–H and O–H groups in total. The van der Waals surface area contributed by atoms with E-state index in [1.165, 1.54) is 16.5 Å². The number of benzene rings is 4. The fourth-order valence-corrected chi connectivity index (χ4v) is 6.12. The molecule has 0 radical (unpaired) electrons. The van der Waals surface area contributed by atoms with Crippen LogP contribution in [0.4, 0.5) is 0 Å². The Hall–Kier alpha value is -4.20. The summed E-state index contributed by atoms with van der Waals surface area (Å²) in [6.45, 7) is 2.60. The lowest BCUT2D eigenvalue weighted by molar-refractivity contribution is -0.137. The quantitative estimate of drug-likeness (QED) is 0.190. The number of fused-ring (bicyclic) bond motifs is 1. The number of nitrogens with zero attached hydrogens (tertiary/aromatic N) is 3. The molecule has 4 aromatic rings. The highest BCUT2D eigenvalue weighted by Crippen LogP contribution is 2.24. The average molecular weight is 563 g/mol. The molecule has 218 valence electrons. The summed E-state index contributed by atoms with van der Waals surface area (Å²) in [5.41, 5.74) is 21.5. The monoisotopic (exact) mass is 562 g/mol. The van der Waals surface area contributed by atoms with Crippen molar-refractivity contribution in [3.05, 3.63) is 120 Å². The zero-order valence-corrected chi connectivity index (χ0v) is 24.2. The van der Waals surface area contributed by atoms with Gasteiger partial charge in [0.1, 0.15) is 0 Å². The molecule has 7 heteroatoms. The number of hydrogen-bond acceptors (Lipinski definition) is 4. The first-order valence-electron chi connectivity index (χ1n) is 14.8. The number of aliphatic imine (C=N–C) groups is 1. The number of nitrogens with two attached hydrogens (primary N) is 3. The maximum absolute atomic E-state index is 14.0. The van der Waals surface area contributed by atoms with Gasteiger partial charge >= 0.3 is 0 Å². The van der Waals surface area contributed by atoms with Crippen molar-refractivity contribution in [2.75, 3.05) is 26.2 Å². The van der Waals surface area contributed by atoms with Gasteiger partial charge in [-0.1, -0.05) is 103 Å². The summed E-state index contributed by atoms with van der Waals surface area (Å²) in [5.74, 6) is 0.232. The summed E-state index contributed by atoms with van der Waals surface area (Å²) in [6.07, 6.45) is 2.69. The number of rotatable bonds is 11. The van der Waals surface area contributed by atoms with Crippen molar-refractivity contribution in [3.8, 4) is 0 Å². The van der Waals surface area contributed by atoms with Gasteiger partial charge in [0.15, 0.2) is 5.96 Å². The smallest absolute Gasteiger partial charge is 0.227 e. The maximum Gasteiger partial charge on any atom is 0.227 e. The lowest BCUT2D eigenvalue weighted by Crippen LogP contribution is -2.62. The zero-order valence-electron chi connectivity index (χ0n) is 24.2. The van der Waals surface area contributed by atoms with E-state index in [9.17, 15) is 4.79 Å². The van der Waals surface area contributed by atoms with E-state index < -0.39 is 0 Å². The molecule has 5 rings (SSSR count). The van der Waals surface area contributed by atoms with E-state index >= 15 is 0 Å². The lowest BCUT2D eigenvalue weighted by atomic mass is 9.95. The predicted octanol–water partition coefficient (Wildman–Crippen LogP) is 3.74. The third-order valence-electron chi connectivity index (χ3n) is 8.18. The van der Waals surface area contributed by atoms with Gasteiger partial charge in [0.2, 0.25) is 5.91 Å². The van der Waals surface area contributed by atoms with Gasteiger partial charge in [-0.05, 0) is 46.7 Å². The van der Waals surface area contributed by atoms with Crippen LogP contribution in [0.5, 0.6) is 0 Å². The Kier molecular flexibility index (Phi) is 9.85. The van der Waals surface area contributed by atoms with E-state index in [4.69, 9.17) is 17.2 Å². The molecular formula is C35H42N6O. The van der Waals surface area contributed by atoms with Crippen LogP contribution in [-0.4, -0.2) is 66.0 Å². The molecule has 1 aliphatic rings. The number of guanidine groups is 1. The minimum atomic E-state index is -0.0322. The summed E-state index contributed by atoms with van der Waals surface area (Å²) >= 11 is 0. The Bertz CT molecular complexity index is 1470. The number of piperazine rings is 1. The Morgan fingerprint density at radius 2 is 1.45 bits per heavy atom. The summed E-state index contributed by atoms with van der Waals surface area (Å²) in [5, 5.41) is 2.33. The molecule has 3 atom stereocenters. The van der Waals surface area contributed by atoms with Gasteiger partial charge in [0.25, 0.3) is 0 Å². The molecule has 1 amide bonds. The molecule has 4 aromatic carbocycles. The first-order chi connectivity index (χ1) is 20.4. The fraction of sp³-hybridized carbons (Fsp3) is 0.314. The molecule has 1 heterocycles. The van der Waals surface area contributed by atoms with E-state index in [1.54, 1.807) is 0 Å². The van der Waals surface area contributed by atoms with E-state index in [1.807, 2.05) is 24.3 Å². The molecule has 0 spiro atoms. The van der Waals surface area contributed by atoms with Crippen molar-refractivity contribution < 1.29 is 4.79 Å². The SMILES string of the molecule is NC(N)=NCC[C@H]1CN(C(=O)Cc2ccc3ccccc3c2)[C@H](Cc2ccccc2)CN1C[C@H](N)Cc1ccccc1. The average Bonchev–Trinajstić information content (AvgIpc) is 2.99. The van der Waals surface area contributed by atoms with Crippen LogP contribution < -0.4 is 17.2 Å². The minimum absolute atomic E-state index is 0.0311. The molecule has 0 saturated carbocycles. The van der Waals surface area contributed by atoms with Gasteiger partial charge in [0, 0.05) is 44.3 Å². The summed E-state index contributed by atoms with van der Waals surface area (Å²) < 4.78 is 0. The fourth-order valence-electron chi connectivity index (χ4n) is 6.12. The Balaban J connectivity index is 1.38. The van der Waals surface area contributed by atoms with Crippen LogP contribution in [0, 0.1) is 0 Å². The van der Waals surface area contributed by atoms with E-state index in [0.29, 0.717) is 19.5 Å². The normalized spacial score (nSPS) is 18.1. The van der Waals surface area contributed by atoms with Crippen LogP contribution >= 0.6 is 0 Å². The Labute approximate surface area is 249 Å². The summed E-state index contributed by atoms with van der Waals surface area (Å²) in [7, 11) is 0. The van der Waals surface area contributed by atoms with Gasteiger partial charge in [-0.3, -0.25) is 14.7 Å². The molecule has 1 fully saturated rings. The van der Waals surface area contributed by atoms with Gasteiger partial charge in [-0.15, -0.1) is 0 Å². The molecule has 42 heavy (non-hydrogen) atoms. The third-order valence-corrected chi connectivity index (χ3v) is 8.18. The Morgan fingerprint density at radius 1 is 0.786 bits per heavy atom. The predicted molar refractivity (Wildman–Crippen MR) is 172 cm³/mol. The largest absolute Gasteiger partial charge is 0.370 e. The van der Waals surface area contributed by atoms with Crippen molar-refractivity contribution in [2.24, 2.45) is 22.2 Å². The zero-order chi connectivity index (χ0) is 29.3. The van der Waals surface area contributed by atoms with Crippen LogP contribution in [0.15, 0.2) is 108 Å². The topological polar surface area (TPSA) is 114 Å². The third kappa shape index (κ3) is 7.96. The highest BCUT2D eigenvalue weighted by atomic mass is 16.2. The molecule has 1 saturated heterocycles. The van der Waals surface area contributed by atoms with E-state index in [0.717, 1.165) is 43.3 Å². The highest BCUT2D eigenvalue weighted by Gasteiger charge is 2.36. The highest BCUT2D eigenvalue weighted by molar-refractivity contribution is 5.85. The number of hydrogen-bond donors (Lipinski definition) is 3. The van der Waals surface area contributed by atoms with Crippen LogP contribution in [0.25, 0.3) is 10.8 Å². The standard InChI is InChI=1S/C35H42N6O/c36-31(20-26-9-3-1-4-10-26)23-40-24-33(21-27-11-5-2-6-12-27)41(25-32(40)17-18-39-35(37)38)34(42)22-28-15-16-29-13-7-8-14-30(29)19-28/h1-16,19,31-33H,17-18,20-25,36H2,(H4,37,38,39)/t31-,32+,33-/m1/s1. The molecule has 1 aliphatic heterocycles. The van der Waals surface area contributed by atoms with Crippen molar-refractivity contribution >= 4 is 22.6 Å². The lowest BCUT2D eigenvalue weighted by Gasteiger charge is -2.47. The summed E-state index contributed by atoms with van der Waals surface area (Å²) in [4.78, 5) is 22.8.